The van der Waals surface area contributed by atoms with Crippen molar-refractivity contribution in [2.45, 2.75) is 6.61 Å². The summed E-state index contributed by atoms with van der Waals surface area (Å²) in [5.74, 6) is -1.10. The van der Waals surface area contributed by atoms with E-state index in [-0.39, 0.29) is 22.8 Å². The quantitative estimate of drug-likeness (QED) is 0.431. The summed E-state index contributed by atoms with van der Waals surface area (Å²) < 4.78 is 38.1. The Hall–Kier alpha value is -3.42. The van der Waals surface area contributed by atoms with Crippen molar-refractivity contribution in [3.63, 3.8) is 0 Å². The summed E-state index contributed by atoms with van der Waals surface area (Å²) in [6.45, 7) is -3.45. The van der Waals surface area contributed by atoms with Gasteiger partial charge in [0.2, 0.25) is 0 Å². The molecule has 0 aliphatic heterocycles. The SMILES string of the molecule is COc1cc(/C=C/C(=O)OCC(=O)c2ccc(OC(F)F)cc2)ccc1O. The van der Waals surface area contributed by atoms with E-state index in [1.54, 1.807) is 6.07 Å². The van der Waals surface area contributed by atoms with Crippen molar-refractivity contribution in [2.24, 2.45) is 0 Å². The fourth-order valence-electron chi connectivity index (χ4n) is 2.05. The van der Waals surface area contributed by atoms with Gasteiger partial charge in [0.25, 0.3) is 0 Å². The number of hydrogen-bond acceptors (Lipinski definition) is 6. The van der Waals surface area contributed by atoms with E-state index in [9.17, 15) is 23.5 Å². The van der Waals surface area contributed by atoms with Gasteiger partial charge in [0.15, 0.2) is 23.9 Å². The molecule has 0 unspecified atom stereocenters. The second kappa shape index (κ2) is 9.33. The average molecular weight is 378 g/mol. The molecule has 8 heteroatoms. The van der Waals surface area contributed by atoms with E-state index in [0.717, 1.165) is 6.08 Å². The van der Waals surface area contributed by atoms with Crippen molar-refractivity contribution in [3.05, 3.63) is 59.7 Å². The number of phenolic OH excluding ortho intramolecular Hbond substituents is 1. The van der Waals surface area contributed by atoms with Crippen LogP contribution in [0.3, 0.4) is 0 Å². The topological polar surface area (TPSA) is 82.1 Å². The van der Waals surface area contributed by atoms with E-state index in [0.29, 0.717) is 5.56 Å². The maximum absolute atomic E-state index is 12.1. The average Bonchev–Trinajstić information content (AvgIpc) is 2.65. The van der Waals surface area contributed by atoms with Gasteiger partial charge in [-0.1, -0.05) is 6.07 Å². The lowest BCUT2D eigenvalue weighted by Crippen LogP contribution is -2.12. The van der Waals surface area contributed by atoms with Crippen molar-refractivity contribution in [2.75, 3.05) is 13.7 Å². The molecule has 0 saturated heterocycles. The Morgan fingerprint density at radius 1 is 1.15 bits per heavy atom. The van der Waals surface area contributed by atoms with Crippen molar-refractivity contribution in [3.8, 4) is 17.2 Å². The Kier molecular flexibility index (Phi) is 6.87. The number of esters is 1. The summed E-state index contributed by atoms with van der Waals surface area (Å²) in [6.07, 6.45) is 2.56. The number of methoxy groups -OCH3 is 1. The Bertz CT molecular complexity index is 831. The minimum Gasteiger partial charge on any atom is -0.504 e. The second-order valence-electron chi connectivity index (χ2n) is 5.20. The lowest BCUT2D eigenvalue weighted by Gasteiger charge is -2.06. The van der Waals surface area contributed by atoms with E-state index >= 15 is 0 Å². The van der Waals surface area contributed by atoms with Crippen LogP contribution in [0.25, 0.3) is 6.08 Å². The van der Waals surface area contributed by atoms with Gasteiger partial charge in [0.1, 0.15) is 5.75 Å². The predicted octanol–water partition coefficient (Wildman–Crippen LogP) is 3.44. The third-order valence-corrected chi connectivity index (χ3v) is 3.36. The van der Waals surface area contributed by atoms with E-state index < -0.39 is 25.0 Å². The standard InChI is InChI=1S/C19H16F2O6/c1-25-17-10-12(2-8-15(17)22)3-9-18(24)26-11-16(23)13-4-6-14(7-5-13)27-19(20)21/h2-10,19,22H,11H2,1H3/b9-3+. The molecule has 2 rings (SSSR count). The number of rotatable bonds is 8. The first-order valence-corrected chi connectivity index (χ1v) is 7.69. The molecule has 2 aromatic rings. The molecular formula is C19H16F2O6. The van der Waals surface area contributed by atoms with Crippen molar-refractivity contribution in [1.82, 2.24) is 0 Å². The van der Waals surface area contributed by atoms with Gasteiger partial charge in [-0.25, -0.2) is 4.79 Å². The van der Waals surface area contributed by atoms with Crippen LogP contribution >= 0.6 is 0 Å². The minimum atomic E-state index is -2.95. The molecule has 1 N–H and O–H groups in total. The molecule has 0 spiro atoms. The maximum Gasteiger partial charge on any atom is 0.387 e. The molecular weight excluding hydrogens is 362 g/mol. The Labute approximate surface area is 153 Å². The number of alkyl halides is 2. The monoisotopic (exact) mass is 378 g/mol. The molecule has 142 valence electrons. The number of benzene rings is 2. The Balaban J connectivity index is 1.88. The summed E-state index contributed by atoms with van der Waals surface area (Å²) in [5, 5.41) is 9.50. The van der Waals surface area contributed by atoms with Gasteiger partial charge in [0.05, 0.1) is 7.11 Å². The summed E-state index contributed by atoms with van der Waals surface area (Å²) in [4.78, 5) is 23.6. The van der Waals surface area contributed by atoms with Crippen LogP contribution < -0.4 is 9.47 Å². The zero-order valence-corrected chi connectivity index (χ0v) is 14.2. The normalized spacial score (nSPS) is 10.8. The molecule has 0 aromatic heterocycles. The smallest absolute Gasteiger partial charge is 0.387 e. The molecule has 0 aliphatic carbocycles. The number of carbonyl (C=O) groups excluding carboxylic acids is 2. The molecule has 27 heavy (non-hydrogen) atoms. The van der Waals surface area contributed by atoms with Gasteiger partial charge < -0.3 is 19.3 Å². The van der Waals surface area contributed by atoms with Crippen LogP contribution in [0.1, 0.15) is 15.9 Å². The second-order valence-corrected chi connectivity index (χ2v) is 5.20. The zero-order chi connectivity index (χ0) is 19.8. The highest BCUT2D eigenvalue weighted by molar-refractivity contribution is 5.99. The van der Waals surface area contributed by atoms with Crippen LogP contribution in [0, 0.1) is 0 Å². The van der Waals surface area contributed by atoms with Gasteiger partial charge in [0, 0.05) is 11.6 Å². The molecule has 2 aromatic carbocycles. The number of Topliss-reactive ketones (excluding diaryl/α,β-unsaturated/α-hetero) is 1. The van der Waals surface area contributed by atoms with Crippen LogP contribution in [-0.4, -0.2) is 37.2 Å². The minimum absolute atomic E-state index is 0.0345. The third-order valence-electron chi connectivity index (χ3n) is 3.36. The van der Waals surface area contributed by atoms with Gasteiger partial charge in [-0.3, -0.25) is 4.79 Å². The van der Waals surface area contributed by atoms with E-state index in [2.05, 4.69) is 4.74 Å². The number of carbonyl (C=O) groups is 2. The van der Waals surface area contributed by atoms with E-state index in [1.807, 2.05) is 0 Å². The molecule has 0 fully saturated rings. The first-order valence-electron chi connectivity index (χ1n) is 7.69. The predicted molar refractivity (Wildman–Crippen MR) is 92.1 cm³/mol. The van der Waals surface area contributed by atoms with Gasteiger partial charge in [-0.2, -0.15) is 8.78 Å². The van der Waals surface area contributed by atoms with Crippen molar-refractivity contribution >= 4 is 17.8 Å². The fourth-order valence-corrected chi connectivity index (χ4v) is 2.05. The molecule has 0 saturated carbocycles. The summed E-state index contributed by atoms with van der Waals surface area (Å²) in [6, 6.07) is 9.54. The molecule has 6 nitrogen and oxygen atoms in total. The number of halogens is 2. The number of ether oxygens (including phenoxy) is 3. The van der Waals surface area contributed by atoms with Crippen molar-refractivity contribution in [1.29, 1.82) is 0 Å². The molecule has 0 amide bonds. The van der Waals surface area contributed by atoms with Crippen LogP contribution in [0.5, 0.6) is 17.2 Å². The Morgan fingerprint density at radius 3 is 2.48 bits per heavy atom. The largest absolute Gasteiger partial charge is 0.504 e. The Morgan fingerprint density at radius 2 is 1.85 bits per heavy atom. The van der Waals surface area contributed by atoms with Crippen molar-refractivity contribution < 1.29 is 37.7 Å². The van der Waals surface area contributed by atoms with Gasteiger partial charge in [-0.15, -0.1) is 0 Å². The molecule has 0 bridgehead atoms. The number of aromatic hydroxyl groups is 1. The number of ketones is 1. The fraction of sp³-hybridized carbons (Fsp3) is 0.158. The van der Waals surface area contributed by atoms with Crippen LogP contribution in [0.2, 0.25) is 0 Å². The first kappa shape index (κ1) is 19.9. The molecule has 0 heterocycles. The van der Waals surface area contributed by atoms with Gasteiger partial charge in [-0.05, 0) is 48.0 Å². The summed E-state index contributed by atoms with van der Waals surface area (Å²) in [7, 11) is 1.40. The van der Waals surface area contributed by atoms with Gasteiger partial charge >= 0.3 is 12.6 Å². The highest BCUT2D eigenvalue weighted by Gasteiger charge is 2.10. The number of phenols is 1. The summed E-state index contributed by atoms with van der Waals surface area (Å²) in [5.41, 5.74) is 0.777. The van der Waals surface area contributed by atoms with Crippen LogP contribution in [-0.2, 0) is 9.53 Å². The molecule has 0 radical (unpaired) electrons. The highest BCUT2D eigenvalue weighted by Crippen LogP contribution is 2.26. The van der Waals surface area contributed by atoms with E-state index in [1.165, 1.54) is 49.6 Å². The summed E-state index contributed by atoms with van der Waals surface area (Å²) >= 11 is 0. The zero-order valence-electron chi connectivity index (χ0n) is 14.2. The maximum atomic E-state index is 12.1. The molecule has 0 atom stereocenters. The third kappa shape index (κ3) is 6.10. The number of hydrogen-bond donors (Lipinski definition) is 1. The van der Waals surface area contributed by atoms with Crippen LogP contribution in [0.15, 0.2) is 48.5 Å². The lowest BCUT2D eigenvalue weighted by molar-refractivity contribution is -0.136. The van der Waals surface area contributed by atoms with Crippen LogP contribution in [0.4, 0.5) is 8.78 Å². The lowest BCUT2D eigenvalue weighted by atomic mass is 10.1. The highest BCUT2D eigenvalue weighted by atomic mass is 19.3. The first-order chi connectivity index (χ1) is 12.9. The van der Waals surface area contributed by atoms with E-state index in [4.69, 9.17) is 9.47 Å². The molecule has 0 aliphatic rings.